The highest BCUT2D eigenvalue weighted by Crippen LogP contribution is 2.46. The van der Waals surface area contributed by atoms with E-state index in [1.807, 2.05) is 19.2 Å². The van der Waals surface area contributed by atoms with Gasteiger partial charge in [-0.3, -0.25) is 9.69 Å². The van der Waals surface area contributed by atoms with Gasteiger partial charge in [0.2, 0.25) is 0 Å². The number of allylic oxidation sites excluding steroid dienone is 1. The fraction of sp³-hybridized carbons (Fsp3) is 0.550. The number of anilines is 1. The summed E-state index contributed by atoms with van der Waals surface area (Å²) in [4.78, 5) is 17.0. The van der Waals surface area contributed by atoms with Crippen LogP contribution in [0.2, 0.25) is 0 Å². The zero-order chi connectivity index (χ0) is 17.5. The van der Waals surface area contributed by atoms with Crippen molar-refractivity contribution in [2.75, 3.05) is 31.6 Å². The number of carbonyl (C=O) groups is 1. The molecule has 2 aliphatic heterocycles. The molecule has 0 aliphatic carbocycles. The lowest BCUT2D eigenvalue weighted by atomic mass is 9.83. The number of carbonyl (C=O) groups excluding carboxylic acids is 1. The predicted molar refractivity (Wildman–Crippen MR) is 97.4 cm³/mol. The first kappa shape index (κ1) is 17.2. The fourth-order valence-electron chi connectivity index (χ4n) is 4.09. The van der Waals surface area contributed by atoms with Crippen molar-refractivity contribution in [3.63, 3.8) is 0 Å². The molecule has 24 heavy (non-hydrogen) atoms. The van der Waals surface area contributed by atoms with Crippen LogP contribution in [0, 0.1) is 0 Å². The minimum Gasteiger partial charge on any atom is -0.373 e. The second kappa shape index (κ2) is 6.34. The summed E-state index contributed by atoms with van der Waals surface area (Å²) in [5.41, 5.74) is 3.39. The summed E-state index contributed by atoms with van der Waals surface area (Å²) < 4.78 is 5.75. The number of rotatable bonds is 3. The summed E-state index contributed by atoms with van der Waals surface area (Å²) in [6.07, 6.45) is 2.21. The lowest BCUT2D eigenvalue weighted by Crippen LogP contribution is -2.47. The minimum absolute atomic E-state index is 0.146. The zero-order valence-corrected chi connectivity index (χ0v) is 15.4. The van der Waals surface area contributed by atoms with E-state index in [1.54, 1.807) is 0 Å². The summed E-state index contributed by atoms with van der Waals surface area (Å²) in [5.74, 6) is 0.166. The number of hydrogen-bond donors (Lipinski definition) is 0. The number of ether oxygens (including phenoxy) is 1. The average molecular weight is 328 g/mol. The van der Waals surface area contributed by atoms with Gasteiger partial charge in [0.05, 0.1) is 18.8 Å². The highest BCUT2D eigenvalue weighted by molar-refractivity contribution is 5.94. The Hall–Kier alpha value is -1.65. The third-order valence-electron chi connectivity index (χ3n) is 5.11. The molecule has 2 aliphatic rings. The largest absolute Gasteiger partial charge is 0.373 e. The Morgan fingerprint density at radius 2 is 1.88 bits per heavy atom. The second-order valence-corrected chi connectivity index (χ2v) is 7.65. The van der Waals surface area contributed by atoms with Crippen LogP contribution in [0.4, 0.5) is 5.69 Å². The van der Waals surface area contributed by atoms with Crippen molar-refractivity contribution in [1.82, 2.24) is 4.90 Å². The maximum absolute atomic E-state index is 12.7. The molecule has 2 unspecified atom stereocenters. The van der Waals surface area contributed by atoms with Gasteiger partial charge in [0, 0.05) is 43.0 Å². The molecule has 1 aromatic carbocycles. The molecule has 1 fully saturated rings. The van der Waals surface area contributed by atoms with E-state index >= 15 is 0 Å². The van der Waals surface area contributed by atoms with Gasteiger partial charge in [0.1, 0.15) is 0 Å². The Labute approximate surface area is 145 Å². The smallest absolute Gasteiger partial charge is 0.171 e. The van der Waals surface area contributed by atoms with Gasteiger partial charge in [-0.15, -0.1) is 0 Å². The number of likely N-dealkylation sites (N-methyl/N-ethyl adjacent to an activating group) is 1. The molecular formula is C20H28N2O2. The Morgan fingerprint density at radius 3 is 2.50 bits per heavy atom. The Kier molecular flexibility index (Phi) is 4.54. The van der Waals surface area contributed by atoms with E-state index in [1.165, 1.54) is 11.3 Å². The maximum atomic E-state index is 12.7. The molecular weight excluding hydrogens is 300 g/mol. The lowest BCUT2D eigenvalue weighted by molar-refractivity contribution is -0.119. The van der Waals surface area contributed by atoms with E-state index in [0.717, 1.165) is 18.8 Å². The number of ketones is 1. The summed E-state index contributed by atoms with van der Waals surface area (Å²) in [5, 5.41) is 0. The average Bonchev–Trinajstić information content (AvgIpc) is 2.68. The topological polar surface area (TPSA) is 32.8 Å². The fourth-order valence-corrected chi connectivity index (χ4v) is 4.09. The third kappa shape index (κ3) is 3.13. The molecule has 0 saturated carbocycles. The Balaban J connectivity index is 1.78. The number of benzene rings is 1. The van der Waals surface area contributed by atoms with Crippen molar-refractivity contribution in [3.05, 3.63) is 41.6 Å². The quantitative estimate of drug-likeness (QED) is 0.799. The van der Waals surface area contributed by atoms with Crippen molar-refractivity contribution in [2.45, 2.75) is 45.3 Å². The molecule has 1 aromatic rings. The van der Waals surface area contributed by atoms with Gasteiger partial charge >= 0.3 is 0 Å². The van der Waals surface area contributed by atoms with Crippen LogP contribution in [0.15, 0.2) is 36.0 Å². The molecule has 2 atom stereocenters. The van der Waals surface area contributed by atoms with Gasteiger partial charge in [-0.25, -0.2) is 0 Å². The van der Waals surface area contributed by atoms with Gasteiger partial charge < -0.3 is 9.64 Å². The molecule has 0 amide bonds. The van der Waals surface area contributed by atoms with Crippen molar-refractivity contribution in [3.8, 4) is 0 Å². The second-order valence-electron chi connectivity index (χ2n) is 7.65. The van der Waals surface area contributed by atoms with Crippen molar-refractivity contribution in [1.29, 1.82) is 0 Å². The van der Waals surface area contributed by atoms with E-state index < -0.39 is 0 Å². The predicted octanol–water partition coefficient (Wildman–Crippen LogP) is 2.98. The van der Waals surface area contributed by atoms with Gasteiger partial charge in [0.25, 0.3) is 0 Å². The van der Waals surface area contributed by atoms with E-state index in [9.17, 15) is 4.79 Å². The van der Waals surface area contributed by atoms with E-state index in [4.69, 9.17) is 4.74 Å². The number of para-hydroxylation sites is 1. The van der Waals surface area contributed by atoms with Gasteiger partial charge in [-0.05, 0) is 25.5 Å². The molecule has 4 nitrogen and oxygen atoms in total. The number of nitrogens with zero attached hydrogens (tertiary/aromatic N) is 2. The van der Waals surface area contributed by atoms with Gasteiger partial charge in [-0.1, -0.05) is 32.0 Å². The van der Waals surface area contributed by atoms with Crippen molar-refractivity contribution in [2.24, 2.45) is 0 Å². The van der Waals surface area contributed by atoms with E-state index in [2.05, 4.69) is 55.7 Å². The minimum atomic E-state index is -0.146. The Morgan fingerprint density at radius 1 is 1.25 bits per heavy atom. The maximum Gasteiger partial charge on any atom is 0.171 e. The highest BCUT2D eigenvalue weighted by atomic mass is 16.5. The molecule has 3 rings (SSSR count). The zero-order valence-electron chi connectivity index (χ0n) is 15.4. The van der Waals surface area contributed by atoms with Gasteiger partial charge in [0.15, 0.2) is 5.78 Å². The first-order valence-electron chi connectivity index (χ1n) is 8.75. The van der Waals surface area contributed by atoms with Crippen LogP contribution in [0.3, 0.4) is 0 Å². The molecule has 2 heterocycles. The normalized spacial score (nSPS) is 28.2. The molecule has 0 aromatic heterocycles. The van der Waals surface area contributed by atoms with Crippen LogP contribution < -0.4 is 4.90 Å². The van der Waals surface area contributed by atoms with Crippen molar-refractivity contribution >= 4 is 11.5 Å². The van der Waals surface area contributed by atoms with Crippen LogP contribution in [0.25, 0.3) is 0 Å². The van der Waals surface area contributed by atoms with Crippen molar-refractivity contribution < 1.29 is 9.53 Å². The monoisotopic (exact) mass is 328 g/mol. The molecule has 1 saturated heterocycles. The molecule has 0 spiro atoms. The first-order chi connectivity index (χ1) is 11.3. The molecule has 4 heteroatoms. The van der Waals surface area contributed by atoms with Crippen LogP contribution in [0.1, 0.15) is 33.3 Å². The van der Waals surface area contributed by atoms with Crippen LogP contribution in [-0.2, 0) is 14.9 Å². The third-order valence-corrected chi connectivity index (χ3v) is 5.11. The number of morpholine rings is 1. The molecule has 0 N–H and O–H groups in total. The highest BCUT2D eigenvalue weighted by Gasteiger charge is 2.38. The summed E-state index contributed by atoms with van der Waals surface area (Å²) in [6.45, 7) is 10.6. The molecule has 0 radical (unpaired) electrons. The SMILES string of the molecule is CC1CN(CC(=O)C=C2N(C)c3ccccc3C2(C)C)CC(C)O1. The Bertz CT molecular complexity index is 655. The summed E-state index contributed by atoms with van der Waals surface area (Å²) in [7, 11) is 2.05. The van der Waals surface area contributed by atoms with Crippen LogP contribution in [0.5, 0.6) is 0 Å². The number of fused-ring (bicyclic) bond motifs is 1. The van der Waals surface area contributed by atoms with E-state index in [-0.39, 0.29) is 23.4 Å². The van der Waals surface area contributed by atoms with E-state index in [0.29, 0.717) is 6.54 Å². The van der Waals surface area contributed by atoms with Crippen LogP contribution >= 0.6 is 0 Å². The standard InChI is InChI=1S/C20H28N2O2/c1-14-11-22(12-15(2)24-14)13-16(23)10-19-20(3,4)17-8-6-7-9-18(17)21(19)5/h6-10,14-15H,11-13H2,1-5H3. The summed E-state index contributed by atoms with van der Waals surface area (Å²) >= 11 is 0. The summed E-state index contributed by atoms with van der Waals surface area (Å²) in [6, 6.07) is 8.39. The first-order valence-corrected chi connectivity index (χ1v) is 8.75. The van der Waals surface area contributed by atoms with Crippen LogP contribution in [-0.4, -0.2) is 49.6 Å². The van der Waals surface area contributed by atoms with Gasteiger partial charge in [-0.2, -0.15) is 0 Å². The molecule has 130 valence electrons. The molecule has 0 bridgehead atoms. The lowest BCUT2D eigenvalue weighted by Gasteiger charge is -2.34. The number of hydrogen-bond acceptors (Lipinski definition) is 4.